The molecule has 2 nitrogen and oxygen atoms in total. The van der Waals surface area contributed by atoms with Crippen molar-refractivity contribution >= 4 is 10.8 Å². The molecule has 34 heavy (non-hydrogen) atoms. The number of alkyl halides is 1. The number of pyridine rings is 1. The Balaban J connectivity index is 1.24. The standard InChI is InChI=1S/C31H39FN2/c1-31-13-11-24-17-22-5-7-27(34(2)16-14-32)19-23(22)6-8-28(24)30(31)10-9-29(31)25-4-3-21-12-15-33-20-26(21)18-25/h3-4,11-12,15,17-18,20,23,27-30H,5-10,13-14,16,19H2,1-2H3. The highest BCUT2D eigenvalue weighted by molar-refractivity contribution is 5.82. The predicted molar refractivity (Wildman–Crippen MR) is 139 cm³/mol. The lowest BCUT2D eigenvalue weighted by molar-refractivity contribution is 0.132. The molecule has 0 N–H and O–H groups in total. The molecule has 1 aromatic heterocycles. The summed E-state index contributed by atoms with van der Waals surface area (Å²) in [6, 6.07) is 9.77. The summed E-state index contributed by atoms with van der Waals surface area (Å²) in [6.07, 6.45) is 19.3. The van der Waals surface area contributed by atoms with Gasteiger partial charge in [0.05, 0.1) is 0 Å². The molecular formula is C31H39FN2. The van der Waals surface area contributed by atoms with Crippen molar-refractivity contribution in [3.05, 3.63) is 65.5 Å². The van der Waals surface area contributed by atoms with Gasteiger partial charge in [-0.05, 0) is 116 Å². The summed E-state index contributed by atoms with van der Waals surface area (Å²) < 4.78 is 12.9. The fourth-order valence-electron chi connectivity index (χ4n) is 8.28. The van der Waals surface area contributed by atoms with Crippen molar-refractivity contribution in [3.63, 3.8) is 0 Å². The van der Waals surface area contributed by atoms with E-state index in [4.69, 9.17) is 0 Å². The van der Waals surface area contributed by atoms with E-state index < -0.39 is 0 Å². The fraction of sp³-hybridized carbons (Fsp3) is 0.581. The van der Waals surface area contributed by atoms with Gasteiger partial charge in [-0.25, -0.2) is 4.39 Å². The van der Waals surface area contributed by atoms with Gasteiger partial charge in [-0.2, -0.15) is 0 Å². The molecule has 3 heteroatoms. The zero-order valence-electron chi connectivity index (χ0n) is 20.8. The lowest BCUT2D eigenvalue weighted by Crippen LogP contribution is -2.38. The van der Waals surface area contributed by atoms with E-state index in [1.54, 1.807) is 11.1 Å². The molecule has 0 bridgehead atoms. The average Bonchev–Trinajstić information content (AvgIpc) is 3.09. The van der Waals surface area contributed by atoms with Crippen molar-refractivity contribution < 1.29 is 4.39 Å². The van der Waals surface area contributed by atoms with Crippen LogP contribution in [0.3, 0.4) is 0 Å². The maximum absolute atomic E-state index is 12.9. The van der Waals surface area contributed by atoms with Crippen molar-refractivity contribution in [2.24, 2.45) is 23.2 Å². The molecule has 2 saturated carbocycles. The molecule has 2 fully saturated rings. The molecule has 2 aromatic rings. The number of halogens is 1. The summed E-state index contributed by atoms with van der Waals surface area (Å²) >= 11 is 0. The van der Waals surface area contributed by atoms with Crippen molar-refractivity contribution in [1.29, 1.82) is 0 Å². The van der Waals surface area contributed by atoms with E-state index >= 15 is 0 Å². The summed E-state index contributed by atoms with van der Waals surface area (Å²) in [7, 11) is 2.12. The van der Waals surface area contributed by atoms with Gasteiger partial charge < -0.3 is 4.90 Å². The number of allylic oxidation sites excluding steroid dienone is 4. The van der Waals surface area contributed by atoms with E-state index in [2.05, 4.69) is 60.3 Å². The van der Waals surface area contributed by atoms with Crippen LogP contribution in [0.15, 0.2) is 60.0 Å². The van der Waals surface area contributed by atoms with E-state index in [0.717, 1.165) is 5.92 Å². The number of benzene rings is 1. The van der Waals surface area contributed by atoms with Crippen molar-refractivity contribution in [3.8, 4) is 0 Å². The monoisotopic (exact) mass is 458 g/mol. The Kier molecular flexibility index (Phi) is 5.88. The van der Waals surface area contributed by atoms with Gasteiger partial charge in [0.15, 0.2) is 0 Å². The van der Waals surface area contributed by atoms with Crippen LogP contribution in [-0.2, 0) is 0 Å². The topological polar surface area (TPSA) is 16.1 Å². The van der Waals surface area contributed by atoms with Crippen LogP contribution >= 0.6 is 0 Å². The van der Waals surface area contributed by atoms with Gasteiger partial charge in [-0.3, -0.25) is 4.98 Å². The van der Waals surface area contributed by atoms with Crippen LogP contribution in [-0.4, -0.2) is 36.2 Å². The largest absolute Gasteiger partial charge is 0.301 e. The zero-order chi connectivity index (χ0) is 23.3. The lowest BCUT2D eigenvalue weighted by atomic mass is 9.60. The van der Waals surface area contributed by atoms with E-state index in [0.29, 0.717) is 35.8 Å². The Morgan fingerprint density at radius 1 is 1.09 bits per heavy atom. The molecule has 180 valence electrons. The van der Waals surface area contributed by atoms with E-state index in [1.807, 2.05) is 12.4 Å². The van der Waals surface area contributed by atoms with Gasteiger partial charge in [0.1, 0.15) is 6.67 Å². The molecule has 1 heterocycles. The zero-order valence-corrected chi connectivity index (χ0v) is 20.8. The van der Waals surface area contributed by atoms with Gasteiger partial charge in [-0.1, -0.05) is 36.8 Å². The Bertz CT molecular complexity index is 1120. The number of aromatic nitrogens is 1. The minimum atomic E-state index is -0.232. The molecule has 6 unspecified atom stereocenters. The van der Waals surface area contributed by atoms with Gasteiger partial charge in [0, 0.05) is 30.4 Å². The first kappa shape index (κ1) is 22.5. The molecule has 0 radical (unpaired) electrons. The molecule has 6 rings (SSSR count). The third kappa shape index (κ3) is 3.75. The molecule has 4 aliphatic rings. The summed E-state index contributed by atoms with van der Waals surface area (Å²) in [5.41, 5.74) is 5.21. The van der Waals surface area contributed by atoms with Crippen LogP contribution in [0.1, 0.15) is 69.8 Å². The number of hydrogen-bond donors (Lipinski definition) is 0. The van der Waals surface area contributed by atoms with Crippen LogP contribution in [0.5, 0.6) is 0 Å². The summed E-state index contributed by atoms with van der Waals surface area (Å²) in [5, 5.41) is 2.56. The highest BCUT2D eigenvalue weighted by Crippen LogP contribution is 2.62. The maximum atomic E-state index is 12.9. The Labute approximate surface area is 204 Å². The van der Waals surface area contributed by atoms with E-state index in [9.17, 15) is 4.39 Å². The molecule has 1 aromatic carbocycles. The molecule has 0 spiro atoms. The molecule has 0 amide bonds. The van der Waals surface area contributed by atoms with E-state index in [1.165, 1.54) is 67.7 Å². The lowest BCUT2D eigenvalue weighted by Gasteiger charge is -2.44. The highest BCUT2D eigenvalue weighted by Gasteiger charge is 2.52. The predicted octanol–water partition coefficient (Wildman–Crippen LogP) is 7.47. The second-order valence-corrected chi connectivity index (χ2v) is 11.8. The van der Waals surface area contributed by atoms with Gasteiger partial charge in [-0.15, -0.1) is 0 Å². The summed E-state index contributed by atoms with van der Waals surface area (Å²) in [5.74, 6) is 2.83. The van der Waals surface area contributed by atoms with Crippen LogP contribution in [0, 0.1) is 23.2 Å². The molecule has 0 aliphatic heterocycles. The summed E-state index contributed by atoms with van der Waals surface area (Å²) in [6.45, 7) is 2.93. The number of nitrogens with zero attached hydrogens (tertiary/aromatic N) is 2. The van der Waals surface area contributed by atoms with E-state index in [-0.39, 0.29) is 6.67 Å². The van der Waals surface area contributed by atoms with Crippen LogP contribution < -0.4 is 0 Å². The third-order valence-corrected chi connectivity index (χ3v) is 10.3. The number of fused-ring (bicyclic) bond motifs is 5. The second kappa shape index (κ2) is 8.90. The van der Waals surface area contributed by atoms with Gasteiger partial charge >= 0.3 is 0 Å². The molecule has 0 saturated heterocycles. The fourth-order valence-corrected chi connectivity index (χ4v) is 8.28. The van der Waals surface area contributed by atoms with Crippen LogP contribution in [0.2, 0.25) is 0 Å². The number of rotatable bonds is 4. The quantitative estimate of drug-likeness (QED) is 0.472. The van der Waals surface area contributed by atoms with Crippen LogP contribution in [0.4, 0.5) is 4.39 Å². The van der Waals surface area contributed by atoms with Crippen LogP contribution in [0.25, 0.3) is 10.8 Å². The Morgan fingerprint density at radius 2 is 2.00 bits per heavy atom. The van der Waals surface area contributed by atoms with Crippen molar-refractivity contribution in [2.75, 3.05) is 20.3 Å². The molecule has 4 aliphatic carbocycles. The van der Waals surface area contributed by atoms with Crippen molar-refractivity contribution in [1.82, 2.24) is 9.88 Å². The maximum Gasteiger partial charge on any atom is 0.102 e. The Hall–Kier alpha value is -2.00. The smallest absolute Gasteiger partial charge is 0.102 e. The Morgan fingerprint density at radius 3 is 2.88 bits per heavy atom. The molecular weight excluding hydrogens is 419 g/mol. The summed E-state index contributed by atoms with van der Waals surface area (Å²) in [4.78, 5) is 6.64. The normalized spacial score (nSPS) is 35.2. The third-order valence-electron chi connectivity index (χ3n) is 10.3. The minimum absolute atomic E-state index is 0.232. The SMILES string of the molecule is CN(CCF)C1CCC2=CC3=CCC4(C)C(c5ccc6ccncc6c5)CCC4C3CCC2C1. The van der Waals surface area contributed by atoms with Gasteiger partial charge in [0.2, 0.25) is 0 Å². The van der Waals surface area contributed by atoms with Gasteiger partial charge in [0.25, 0.3) is 0 Å². The first-order chi connectivity index (χ1) is 16.6. The first-order valence-electron chi connectivity index (χ1n) is 13.6. The highest BCUT2D eigenvalue weighted by atomic mass is 19.1. The average molecular weight is 459 g/mol. The minimum Gasteiger partial charge on any atom is -0.301 e. The molecule has 6 atom stereocenters. The van der Waals surface area contributed by atoms with Crippen molar-refractivity contribution in [2.45, 2.75) is 70.3 Å². The first-order valence-corrected chi connectivity index (χ1v) is 13.6. The number of hydrogen-bond acceptors (Lipinski definition) is 2. The second-order valence-electron chi connectivity index (χ2n) is 11.8.